The van der Waals surface area contributed by atoms with E-state index in [1.165, 1.54) is 0 Å². The Morgan fingerprint density at radius 2 is 1.93 bits per heavy atom. The fourth-order valence-corrected chi connectivity index (χ4v) is 1.00. The van der Waals surface area contributed by atoms with Gasteiger partial charge in [0.25, 0.3) is 0 Å². The fourth-order valence-electron chi connectivity index (χ4n) is 0.676. The van der Waals surface area contributed by atoms with E-state index in [-0.39, 0.29) is 5.15 Å². The van der Waals surface area contributed by atoms with Gasteiger partial charge in [-0.05, 0) is 0 Å². The molecule has 0 aromatic carbocycles. The third kappa shape index (κ3) is 2.81. The molecule has 0 radical (unpaired) electrons. The molecule has 0 spiro atoms. The molecule has 1 aromatic heterocycles. The molecule has 1 N–H and O–H groups in total. The normalized spacial score (nSPS) is 11.5. The van der Waals surface area contributed by atoms with E-state index in [1.807, 2.05) is 4.98 Å². The van der Waals surface area contributed by atoms with Gasteiger partial charge in [0.2, 0.25) is 11.3 Å². The lowest BCUT2D eigenvalue weighted by Crippen LogP contribution is -2.20. The standard InChI is InChI=1S/C6H2Cl2F3NO2/c7-3-1-2(13)4(8)5(12-3)14-6(9,10)11/h1H,(H,12,13). The van der Waals surface area contributed by atoms with Crippen molar-refractivity contribution in [1.82, 2.24) is 4.98 Å². The largest absolute Gasteiger partial charge is 0.574 e. The van der Waals surface area contributed by atoms with Crippen molar-refractivity contribution in [1.29, 1.82) is 0 Å². The average Bonchev–Trinajstić information content (AvgIpc) is 1.96. The number of aromatic nitrogens is 1. The Morgan fingerprint density at radius 3 is 2.43 bits per heavy atom. The summed E-state index contributed by atoms with van der Waals surface area (Å²) in [5, 5.41) is -0.995. The number of rotatable bonds is 1. The molecule has 1 heterocycles. The first kappa shape index (κ1) is 11.2. The summed E-state index contributed by atoms with van der Waals surface area (Å²) < 4.78 is 38.6. The van der Waals surface area contributed by atoms with Crippen LogP contribution in [0.1, 0.15) is 0 Å². The van der Waals surface area contributed by atoms with Gasteiger partial charge in [0.1, 0.15) is 10.2 Å². The first-order valence-corrected chi connectivity index (χ1v) is 3.89. The van der Waals surface area contributed by atoms with Gasteiger partial charge < -0.3 is 9.72 Å². The topological polar surface area (TPSA) is 42.1 Å². The Morgan fingerprint density at radius 1 is 1.36 bits per heavy atom. The summed E-state index contributed by atoms with van der Waals surface area (Å²) in [5.41, 5.74) is -0.852. The maximum Gasteiger partial charge on any atom is 0.574 e. The number of H-pyrrole nitrogens is 1. The van der Waals surface area contributed by atoms with Crippen LogP contribution in [0.4, 0.5) is 13.2 Å². The van der Waals surface area contributed by atoms with Crippen LogP contribution in [0.25, 0.3) is 0 Å². The molecule has 1 aromatic rings. The van der Waals surface area contributed by atoms with Gasteiger partial charge in [0.15, 0.2) is 0 Å². The molecule has 0 aliphatic carbocycles. The van der Waals surface area contributed by atoms with E-state index in [0.29, 0.717) is 0 Å². The van der Waals surface area contributed by atoms with Crippen LogP contribution in [0.3, 0.4) is 0 Å². The molecular formula is C6H2Cl2F3NO2. The van der Waals surface area contributed by atoms with E-state index in [0.717, 1.165) is 6.07 Å². The van der Waals surface area contributed by atoms with Gasteiger partial charge in [-0.2, -0.15) is 0 Å². The summed E-state index contributed by atoms with van der Waals surface area (Å²) in [5.74, 6) is -0.920. The molecule has 8 heteroatoms. The second-order valence-electron chi connectivity index (χ2n) is 2.17. The number of aromatic amines is 1. The number of hydrogen-bond donors (Lipinski definition) is 1. The van der Waals surface area contributed by atoms with E-state index in [2.05, 4.69) is 4.74 Å². The van der Waals surface area contributed by atoms with Gasteiger partial charge >= 0.3 is 6.36 Å². The van der Waals surface area contributed by atoms with Crippen molar-refractivity contribution in [2.45, 2.75) is 6.36 Å². The second kappa shape index (κ2) is 3.70. The zero-order chi connectivity index (χ0) is 10.9. The molecular weight excluding hydrogens is 246 g/mol. The van der Waals surface area contributed by atoms with Crippen LogP contribution in [0.5, 0.6) is 5.88 Å². The molecule has 0 amide bonds. The lowest BCUT2D eigenvalue weighted by molar-refractivity contribution is -0.276. The van der Waals surface area contributed by atoms with Crippen molar-refractivity contribution < 1.29 is 17.9 Å². The van der Waals surface area contributed by atoms with Crippen LogP contribution in [-0.2, 0) is 0 Å². The molecule has 0 saturated carbocycles. The van der Waals surface area contributed by atoms with Gasteiger partial charge in [-0.1, -0.05) is 23.2 Å². The smallest absolute Gasteiger partial charge is 0.388 e. The van der Waals surface area contributed by atoms with Crippen LogP contribution in [0.15, 0.2) is 10.9 Å². The van der Waals surface area contributed by atoms with Crippen molar-refractivity contribution in [3.8, 4) is 5.88 Å². The number of pyridine rings is 1. The van der Waals surface area contributed by atoms with Crippen molar-refractivity contribution in [3.05, 3.63) is 26.5 Å². The highest BCUT2D eigenvalue weighted by Crippen LogP contribution is 2.26. The Balaban J connectivity index is 3.15. The minimum atomic E-state index is -4.93. The Labute approximate surface area is 85.4 Å². The van der Waals surface area contributed by atoms with Crippen molar-refractivity contribution in [2.75, 3.05) is 0 Å². The molecule has 0 aliphatic heterocycles. The summed E-state index contributed by atoms with van der Waals surface area (Å²) in [4.78, 5) is 12.8. The quantitative estimate of drug-likeness (QED) is 0.776. The zero-order valence-electron chi connectivity index (χ0n) is 6.28. The van der Waals surface area contributed by atoms with Gasteiger partial charge in [0, 0.05) is 6.07 Å². The number of nitrogens with one attached hydrogen (secondary N) is 1. The van der Waals surface area contributed by atoms with E-state index < -0.39 is 22.7 Å². The molecule has 14 heavy (non-hydrogen) atoms. The molecule has 0 unspecified atom stereocenters. The molecule has 0 atom stereocenters. The van der Waals surface area contributed by atoms with Gasteiger partial charge in [-0.15, -0.1) is 13.2 Å². The predicted octanol–water partition coefficient (Wildman–Crippen LogP) is 2.58. The van der Waals surface area contributed by atoms with Crippen molar-refractivity contribution in [2.24, 2.45) is 0 Å². The maximum atomic E-state index is 11.7. The molecule has 0 bridgehead atoms. The predicted molar refractivity (Wildman–Crippen MR) is 43.8 cm³/mol. The SMILES string of the molecule is O=c1cc(Cl)[nH]c(OC(F)(F)F)c1Cl. The first-order chi connectivity index (χ1) is 6.29. The van der Waals surface area contributed by atoms with E-state index in [1.54, 1.807) is 0 Å². The lowest BCUT2D eigenvalue weighted by Gasteiger charge is -2.09. The molecule has 78 valence electrons. The van der Waals surface area contributed by atoms with Crippen LogP contribution >= 0.6 is 23.2 Å². The highest BCUT2D eigenvalue weighted by atomic mass is 35.5. The average molecular weight is 248 g/mol. The molecule has 0 fully saturated rings. The molecule has 0 saturated heterocycles. The second-order valence-corrected chi connectivity index (χ2v) is 2.96. The number of alkyl halides is 3. The Kier molecular flexibility index (Phi) is 2.96. The van der Waals surface area contributed by atoms with Gasteiger partial charge in [-0.25, -0.2) is 0 Å². The van der Waals surface area contributed by atoms with Crippen LogP contribution in [0.2, 0.25) is 10.2 Å². The number of halogens is 5. The number of ether oxygens (including phenoxy) is 1. The van der Waals surface area contributed by atoms with Crippen LogP contribution in [0, 0.1) is 0 Å². The van der Waals surface area contributed by atoms with E-state index >= 15 is 0 Å². The van der Waals surface area contributed by atoms with Crippen molar-refractivity contribution >= 4 is 23.2 Å². The summed E-state index contributed by atoms with van der Waals surface area (Å²) >= 11 is 10.5. The van der Waals surface area contributed by atoms with Gasteiger partial charge in [0.05, 0.1) is 0 Å². The lowest BCUT2D eigenvalue weighted by atomic mass is 10.5. The van der Waals surface area contributed by atoms with Crippen LogP contribution < -0.4 is 10.2 Å². The Hall–Kier alpha value is -0.880. The highest BCUT2D eigenvalue weighted by molar-refractivity contribution is 6.33. The molecule has 3 nitrogen and oxygen atoms in total. The highest BCUT2D eigenvalue weighted by Gasteiger charge is 2.33. The maximum absolute atomic E-state index is 11.7. The van der Waals surface area contributed by atoms with E-state index in [4.69, 9.17) is 23.2 Å². The summed E-state index contributed by atoms with van der Waals surface area (Å²) in [6.07, 6.45) is -4.93. The molecule has 0 aliphatic rings. The summed E-state index contributed by atoms with van der Waals surface area (Å²) in [7, 11) is 0. The third-order valence-electron chi connectivity index (χ3n) is 1.12. The fraction of sp³-hybridized carbons (Fsp3) is 0.167. The monoisotopic (exact) mass is 247 g/mol. The van der Waals surface area contributed by atoms with E-state index in [9.17, 15) is 18.0 Å². The van der Waals surface area contributed by atoms with Gasteiger partial charge in [-0.3, -0.25) is 4.79 Å². The third-order valence-corrected chi connectivity index (χ3v) is 1.69. The number of hydrogen-bond acceptors (Lipinski definition) is 2. The zero-order valence-corrected chi connectivity index (χ0v) is 7.80. The first-order valence-electron chi connectivity index (χ1n) is 3.13. The van der Waals surface area contributed by atoms with Crippen molar-refractivity contribution in [3.63, 3.8) is 0 Å². The summed E-state index contributed by atoms with van der Waals surface area (Å²) in [6.45, 7) is 0. The minimum Gasteiger partial charge on any atom is -0.388 e. The van der Waals surface area contributed by atoms with Crippen LogP contribution in [-0.4, -0.2) is 11.3 Å². The molecule has 1 rings (SSSR count). The summed E-state index contributed by atoms with van der Waals surface area (Å²) in [6, 6.07) is 0.840. The Bertz CT molecular complexity index is 401. The minimum absolute atomic E-state index is 0.293.